The lowest BCUT2D eigenvalue weighted by Crippen LogP contribution is -2.15. The number of fused-ring (bicyclic) bond motifs is 1. The third kappa shape index (κ3) is 2.17. The van der Waals surface area contributed by atoms with Gasteiger partial charge in [0, 0.05) is 11.6 Å². The van der Waals surface area contributed by atoms with E-state index in [1.807, 2.05) is 26.0 Å². The summed E-state index contributed by atoms with van der Waals surface area (Å²) in [7, 11) is 0. The van der Waals surface area contributed by atoms with E-state index in [-0.39, 0.29) is 11.8 Å². The Balaban J connectivity index is 1.80. The number of rotatable bonds is 3. The molecule has 7 heteroatoms. The molecule has 0 saturated carbocycles. The molecule has 0 spiro atoms. The Bertz CT molecular complexity index is 1020. The van der Waals surface area contributed by atoms with Crippen LogP contribution in [0.15, 0.2) is 54.9 Å². The van der Waals surface area contributed by atoms with Crippen molar-refractivity contribution in [1.82, 2.24) is 14.7 Å². The summed E-state index contributed by atoms with van der Waals surface area (Å²) in [5.41, 5.74) is 2.66. The molecule has 0 atom stereocenters. The highest BCUT2D eigenvalue weighted by Crippen LogP contribution is 2.26. The van der Waals surface area contributed by atoms with Gasteiger partial charge in [-0.05, 0) is 38.1 Å². The molecular formula is C16H13N3O4. The van der Waals surface area contributed by atoms with Crippen LogP contribution in [0.1, 0.15) is 19.9 Å². The third-order valence-corrected chi connectivity index (χ3v) is 3.58. The topological polar surface area (TPSA) is 87.2 Å². The third-order valence-electron chi connectivity index (χ3n) is 3.58. The first kappa shape index (κ1) is 13.6. The van der Waals surface area contributed by atoms with Gasteiger partial charge in [-0.15, -0.1) is 0 Å². The van der Waals surface area contributed by atoms with Crippen molar-refractivity contribution < 1.29 is 13.4 Å². The van der Waals surface area contributed by atoms with Gasteiger partial charge in [-0.2, -0.15) is 4.98 Å². The fraction of sp³-hybridized carbons (Fsp3) is 0.188. The van der Waals surface area contributed by atoms with E-state index in [0.29, 0.717) is 28.4 Å². The average molecular weight is 311 g/mol. The Kier molecular flexibility index (Phi) is 2.94. The first-order valence-electron chi connectivity index (χ1n) is 7.15. The summed E-state index contributed by atoms with van der Waals surface area (Å²) in [6.07, 6.45) is 3.07. The Hall–Kier alpha value is -3.09. The molecular weight excluding hydrogens is 298 g/mol. The van der Waals surface area contributed by atoms with Crippen molar-refractivity contribution in [2.75, 3.05) is 0 Å². The van der Waals surface area contributed by atoms with Gasteiger partial charge in [0.15, 0.2) is 5.58 Å². The molecule has 0 bridgehead atoms. The van der Waals surface area contributed by atoms with Crippen LogP contribution >= 0.6 is 0 Å². The quantitative estimate of drug-likeness (QED) is 0.575. The van der Waals surface area contributed by atoms with Crippen molar-refractivity contribution in [2.24, 2.45) is 0 Å². The van der Waals surface area contributed by atoms with Crippen molar-refractivity contribution in [1.29, 1.82) is 0 Å². The molecule has 4 rings (SSSR count). The normalized spacial score (nSPS) is 11.6. The van der Waals surface area contributed by atoms with Crippen LogP contribution in [0.2, 0.25) is 0 Å². The Morgan fingerprint density at radius 3 is 2.78 bits per heavy atom. The minimum Gasteiger partial charge on any atom is -0.472 e. The first-order valence-corrected chi connectivity index (χ1v) is 7.15. The fourth-order valence-electron chi connectivity index (χ4n) is 2.51. The van der Waals surface area contributed by atoms with Gasteiger partial charge in [0.25, 0.3) is 5.89 Å². The zero-order valence-corrected chi connectivity index (χ0v) is 12.5. The van der Waals surface area contributed by atoms with Crippen molar-refractivity contribution in [3.05, 3.63) is 47.3 Å². The summed E-state index contributed by atoms with van der Waals surface area (Å²) < 4.78 is 17.1. The van der Waals surface area contributed by atoms with Crippen LogP contribution in [0.25, 0.3) is 33.9 Å². The molecule has 0 saturated heterocycles. The van der Waals surface area contributed by atoms with Crippen LogP contribution in [0, 0.1) is 0 Å². The van der Waals surface area contributed by atoms with Gasteiger partial charge in [-0.3, -0.25) is 4.57 Å². The maximum absolute atomic E-state index is 11.9. The summed E-state index contributed by atoms with van der Waals surface area (Å²) in [6.45, 7) is 3.86. The number of benzene rings is 1. The maximum Gasteiger partial charge on any atom is 0.420 e. The van der Waals surface area contributed by atoms with Crippen molar-refractivity contribution in [2.45, 2.75) is 19.9 Å². The smallest absolute Gasteiger partial charge is 0.420 e. The van der Waals surface area contributed by atoms with E-state index in [9.17, 15) is 4.79 Å². The van der Waals surface area contributed by atoms with E-state index in [1.54, 1.807) is 16.7 Å². The van der Waals surface area contributed by atoms with Crippen LogP contribution in [0.3, 0.4) is 0 Å². The summed E-state index contributed by atoms with van der Waals surface area (Å²) in [5.74, 6) is 0.414. The molecule has 0 aliphatic carbocycles. The van der Waals surface area contributed by atoms with Gasteiger partial charge in [-0.25, -0.2) is 4.79 Å². The van der Waals surface area contributed by atoms with Crippen LogP contribution in [0.4, 0.5) is 0 Å². The second-order valence-electron chi connectivity index (χ2n) is 5.45. The van der Waals surface area contributed by atoms with E-state index >= 15 is 0 Å². The van der Waals surface area contributed by atoms with E-state index in [1.165, 1.54) is 12.5 Å². The molecule has 1 aromatic carbocycles. The summed E-state index contributed by atoms with van der Waals surface area (Å²) in [4.78, 5) is 16.3. The number of hydrogen-bond acceptors (Lipinski definition) is 6. The van der Waals surface area contributed by atoms with Crippen LogP contribution in [-0.2, 0) is 0 Å². The highest BCUT2D eigenvalue weighted by molar-refractivity contribution is 5.79. The molecule has 23 heavy (non-hydrogen) atoms. The molecule has 116 valence electrons. The number of oxazole rings is 1. The fourth-order valence-corrected chi connectivity index (χ4v) is 2.51. The van der Waals surface area contributed by atoms with Crippen molar-refractivity contribution in [3.63, 3.8) is 0 Å². The monoisotopic (exact) mass is 311 g/mol. The zero-order valence-electron chi connectivity index (χ0n) is 12.5. The summed E-state index contributed by atoms with van der Waals surface area (Å²) >= 11 is 0. The van der Waals surface area contributed by atoms with Crippen LogP contribution < -0.4 is 5.76 Å². The number of furan rings is 1. The molecule has 7 nitrogen and oxygen atoms in total. The summed E-state index contributed by atoms with van der Waals surface area (Å²) in [5, 5.41) is 3.96. The Morgan fingerprint density at radius 1 is 1.17 bits per heavy atom. The first-order chi connectivity index (χ1) is 11.1. The van der Waals surface area contributed by atoms with E-state index < -0.39 is 0 Å². The van der Waals surface area contributed by atoms with E-state index in [2.05, 4.69) is 10.1 Å². The van der Waals surface area contributed by atoms with Crippen molar-refractivity contribution in [3.8, 4) is 22.8 Å². The predicted molar refractivity (Wildman–Crippen MR) is 81.9 cm³/mol. The molecule has 4 aromatic rings. The van der Waals surface area contributed by atoms with Gasteiger partial charge >= 0.3 is 5.76 Å². The Morgan fingerprint density at radius 2 is 2.04 bits per heavy atom. The molecule has 0 aliphatic heterocycles. The summed E-state index contributed by atoms with van der Waals surface area (Å²) in [6, 6.07) is 7.15. The SMILES string of the molecule is CC(C)n1c(=O)oc2cc(-c3noc(-c4ccoc4)n3)ccc21. The van der Waals surface area contributed by atoms with Crippen molar-refractivity contribution >= 4 is 11.1 Å². The minimum atomic E-state index is -0.376. The second-order valence-corrected chi connectivity index (χ2v) is 5.45. The molecule has 3 heterocycles. The molecule has 0 radical (unpaired) electrons. The molecule has 0 unspecified atom stereocenters. The molecule has 0 N–H and O–H groups in total. The second kappa shape index (κ2) is 4.98. The van der Waals surface area contributed by atoms with Gasteiger partial charge in [0.05, 0.1) is 17.3 Å². The number of nitrogens with zero attached hydrogens (tertiary/aromatic N) is 3. The van der Waals surface area contributed by atoms with Crippen LogP contribution in [0.5, 0.6) is 0 Å². The van der Waals surface area contributed by atoms with Crippen LogP contribution in [-0.4, -0.2) is 14.7 Å². The van der Waals surface area contributed by atoms with Gasteiger partial charge in [0.1, 0.15) is 6.26 Å². The maximum atomic E-state index is 11.9. The highest BCUT2D eigenvalue weighted by atomic mass is 16.5. The highest BCUT2D eigenvalue weighted by Gasteiger charge is 2.16. The lowest BCUT2D eigenvalue weighted by Gasteiger charge is -2.04. The lowest BCUT2D eigenvalue weighted by atomic mass is 10.2. The molecule has 0 fully saturated rings. The molecule has 0 amide bonds. The predicted octanol–water partition coefficient (Wildman–Crippen LogP) is 3.49. The standard InChI is InChI=1S/C16H13N3O4/c1-9(2)19-12-4-3-10(7-13(12)22-16(19)20)14-17-15(23-18-14)11-5-6-21-8-11/h3-9H,1-2H3. The zero-order chi connectivity index (χ0) is 16.0. The van der Waals surface area contributed by atoms with E-state index in [0.717, 1.165) is 5.52 Å². The Labute approximate surface area is 130 Å². The number of hydrogen-bond donors (Lipinski definition) is 0. The van der Waals surface area contributed by atoms with Gasteiger partial charge in [0.2, 0.25) is 5.82 Å². The largest absolute Gasteiger partial charge is 0.472 e. The molecule has 3 aromatic heterocycles. The minimum absolute atomic E-state index is 0.0208. The number of aromatic nitrogens is 3. The molecule has 0 aliphatic rings. The van der Waals surface area contributed by atoms with E-state index in [4.69, 9.17) is 13.4 Å². The van der Waals surface area contributed by atoms with Gasteiger partial charge in [-0.1, -0.05) is 5.16 Å². The average Bonchev–Trinajstić information content (AvgIpc) is 3.24. The lowest BCUT2D eigenvalue weighted by molar-refractivity contribution is 0.431. The van der Waals surface area contributed by atoms with Gasteiger partial charge < -0.3 is 13.4 Å².